The van der Waals surface area contributed by atoms with Crippen molar-refractivity contribution in [1.82, 2.24) is 4.57 Å². The second-order valence-electron chi connectivity index (χ2n) is 3.18. The number of benzene rings is 1. The first-order chi connectivity index (χ1) is 6.25. The quantitative estimate of drug-likeness (QED) is 0.458. The summed E-state index contributed by atoms with van der Waals surface area (Å²) in [7, 11) is 3.93. The molecule has 0 radical (unpaired) electrons. The van der Waals surface area contributed by atoms with E-state index in [4.69, 9.17) is 5.11 Å². The third-order valence-electron chi connectivity index (χ3n) is 2.52. The van der Waals surface area contributed by atoms with E-state index in [-0.39, 0.29) is 30.6 Å². The zero-order valence-corrected chi connectivity index (χ0v) is 10.4. The number of aliphatic hydroxyl groups excluding tert-OH is 1. The van der Waals surface area contributed by atoms with Crippen molar-refractivity contribution in [2.75, 3.05) is 0 Å². The average molecular weight is 304 g/mol. The molecule has 0 spiro atoms. The van der Waals surface area contributed by atoms with Crippen LogP contribution in [0.25, 0.3) is 11.0 Å². The lowest BCUT2D eigenvalue weighted by Gasteiger charge is -1.90. The van der Waals surface area contributed by atoms with Crippen LogP contribution in [0.3, 0.4) is 0 Å². The molecule has 0 bridgehead atoms. The van der Waals surface area contributed by atoms with Crippen LogP contribution in [0.4, 0.5) is 0 Å². The molecule has 3 nitrogen and oxygen atoms in total. The van der Waals surface area contributed by atoms with Gasteiger partial charge in [-0.05, 0) is 12.1 Å². The molecule has 2 aromatic rings. The Morgan fingerprint density at radius 2 is 2.00 bits per heavy atom. The molecule has 76 valence electrons. The second kappa shape index (κ2) is 4.27. The van der Waals surface area contributed by atoms with E-state index in [1.807, 2.05) is 35.4 Å². The Kier molecular flexibility index (Phi) is 3.49. The van der Waals surface area contributed by atoms with Gasteiger partial charge in [0.2, 0.25) is 0 Å². The first-order valence-corrected chi connectivity index (χ1v) is 4.29. The Labute approximate surface area is 100.0 Å². The fourth-order valence-corrected chi connectivity index (χ4v) is 1.75. The van der Waals surface area contributed by atoms with E-state index in [1.165, 1.54) is 0 Å². The van der Waals surface area contributed by atoms with Crippen LogP contribution in [0.5, 0.6) is 0 Å². The van der Waals surface area contributed by atoms with Gasteiger partial charge in [0, 0.05) is 0 Å². The van der Waals surface area contributed by atoms with Gasteiger partial charge in [0.1, 0.15) is 6.61 Å². The maximum atomic E-state index is 9.16. The molecule has 1 N–H and O–H groups in total. The predicted octanol–water partition coefficient (Wildman–Crippen LogP) is -2.50. The lowest BCUT2D eigenvalue weighted by molar-refractivity contribution is -0.656. The van der Waals surface area contributed by atoms with Crippen LogP contribution in [-0.4, -0.2) is 9.67 Å². The van der Waals surface area contributed by atoms with Crippen molar-refractivity contribution in [3.05, 3.63) is 30.1 Å². The largest absolute Gasteiger partial charge is 1.00 e. The topological polar surface area (TPSA) is 29.0 Å². The molecule has 2 rings (SSSR count). The van der Waals surface area contributed by atoms with Crippen LogP contribution in [0.1, 0.15) is 5.82 Å². The normalized spacial score (nSPS) is 10.2. The van der Waals surface area contributed by atoms with E-state index in [1.54, 1.807) is 0 Å². The lowest BCUT2D eigenvalue weighted by Crippen LogP contribution is -3.00. The van der Waals surface area contributed by atoms with Crippen LogP contribution in [0.2, 0.25) is 0 Å². The minimum absolute atomic E-state index is 0. The Hall–Kier alpha value is -0.620. The van der Waals surface area contributed by atoms with Gasteiger partial charge in [-0.2, -0.15) is 0 Å². The zero-order chi connectivity index (χ0) is 9.42. The third-order valence-corrected chi connectivity index (χ3v) is 2.52. The molecule has 1 aromatic carbocycles. The Morgan fingerprint density at radius 1 is 1.36 bits per heavy atom. The fourth-order valence-electron chi connectivity index (χ4n) is 1.75. The molecule has 0 amide bonds. The molecule has 0 saturated heterocycles. The molecule has 0 aliphatic heterocycles. The molecule has 0 unspecified atom stereocenters. The summed E-state index contributed by atoms with van der Waals surface area (Å²) in [6.07, 6.45) is 0. The Morgan fingerprint density at radius 3 is 2.57 bits per heavy atom. The molecule has 14 heavy (non-hydrogen) atoms. The molecule has 0 aliphatic rings. The summed E-state index contributed by atoms with van der Waals surface area (Å²) in [6, 6.07) is 8.11. The van der Waals surface area contributed by atoms with Crippen LogP contribution >= 0.6 is 0 Å². The van der Waals surface area contributed by atoms with Gasteiger partial charge >= 0.3 is 0 Å². The first-order valence-electron chi connectivity index (χ1n) is 4.29. The van der Waals surface area contributed by atoms with Gasteiger partial charge in [0.25, 0.3) is 5.82 Å². The maximum absolute atomic E-state index is 9.16. The molecular formula is C10H13IN2O. The van der Waals surface area contributed by atoms with Crippen molar-refractivity contribution in [3.8, 4) is 0 Å². The molecule has 0 aliphatic carbocycles. The number of hydrogen-bond acceptors (Lipinski definition) is 1. The molecule has 0 atom stereocenters. The molecule has 0 saturated carbocycles. The smallest absolute Gasteiger partial charge is 0.283 e. The van der Waals surface area contributed by atoms with Gasteiger partial charge in [0.05, 0.1) is 14.1 Å². The van der Waals surface area contributed by atoms with Crippen LogP contribution in [0.15, 0.2) is 24.3 Å². The van der Waals surface area contributed by atoms with Crippen molar-refractivity contribution >= 4 is 11.0 Å². The van der Waals surface area contributed by atoms with Gasteiger partial charge < -0.3 is 29.1 Å². The van der Waals surface area contributed by atoms with Gasteiger partial charge in [0.15, 0.2) is 11.0 Å². The summed E-state index contributed by atoms with van der Waals surface area (Å²) in [6.45, 7) is 0.0711. The Balaban J connectivity index is 0.000000980. The summed E-state index contributed by atoms with van der Waals surface area (Å²) in [5, 5.41) is 9.16. The highest BCUT2D eigenvalue weighted by atomic mass is 127. The minimum Gasteiger partial charge on any atom is -1.00 e. The summed E-state index contributed by atoms with van der Waals surface area (Å²) in [4.78, 5) is 0. The SMILES string of the molecule is Cn1c(CO)[n+](C)c2ccccc21.[I-]. The minimum atomic E-state index is 0. The van der Waals surface area contributed by atoms with E-state index in [0.29, 0.717) is 0 Å². The van der Waals surface area contributed by atoms with Crippen molar-refractivity contribution in [2.24, 2.45) is 14.1 Å². The van der Waals surface area contributed by atoms with Gasteiger partial charge in [-0.25, -0.2) is 9.13 Å². The lowest BCUT2D eigenvalue weighted by atomic mass is 10.3. The van der Waals surface area contributed by atoms with Crippen LogP contribution in [-0.2, 0) is 20.7 Å². The standard InChI is InChI=1S/C10H13N2O.HI/c1-11-8-5-3-4-6-9(8)12(2)10(11)7-13;/h3-6,13H,7H2,1-2H3;1H/q+1;/p-1. The fraction of sp³-hybridized carbons (Fsp3) is 0.300. The molecule has 1 aromatic heterocycles. The molecule has 4 heteroatoms. The first kappa shape index (κ1) is 11.5. The van der Waals surface area contributed by atoms with E-state index in [2.05, 4.69) is 12.1 Å². The highest BCUT2D eigenvalue weighted by Gasteiger charge is 2.17. The number of nitrogens with zero attached hydrogens (tertiary/aromatic N) is 2. The van der Waals surface area contributed by atoms with Crippen LogP contribution in [0, 0.1) is 0 Å². The van der Waals surface area contributed by atoms with Crippen molar-refractivity contribution in [3.63, 3.8) is 0 Å². The van der Waals surface area contributed by atoms with E-state index < -0.39 is 0 Å². The maximum Gasteiger partial charge on any atom is 0.283 e. The molecule has 1 heterocycles. The number of halogens is 1. The number of imidazole rings is 1. The number of para-hydroxylation sites is 2. The van der Waals surface area contributed by atoms with Gasteiger partial charge in [-0.1, -0.05) is 12.1 Å². The summed E-state index contributed by atoms with van der Waals surface area (Å²) >= 11 is 0. The third kappa shape index (κ3) is 1.52. The molecule has 0 fully saturated rings. The van der Waals surface area contributed by atoms with Crippen LogP contribution < -0.4 is 28.5 Å². The van der Waals surface area contributed by atoms with Crippen molar-refractivity contribution < 1.29 is 33.7 Å². The van der Waals surface area contributed by atoms with E-state index in [0.717, 1.165) is 16.9 Å². The number of aryl methyl sites for hydroxylation is 2. The summed E-state index contributed by atoms with van der Waals surface area (Å²) in [5.74, 6) is 0.918. The number of rotatable bonds is 1. The summed E-state index contributed by atoms with van der Waals surface area (Å²) < 4.78 is 4.02. The number of fused-ring (bicyclic) bond motifs is 1. The van der Waals surface area contributed by atoms with E-state index in [9.17, 15) is 0 Å². The number of aromatic nitrogens is 2. The molecular weight excluding hydrogens is 291 g/mol. The van der Waals surface area contributed by atoms with Crippen molar-refractivity contribution in [2.45, 2.75) is 6.61 Å². The number of aliphatic hydroxyl groups is 1. The monoisotopic (exact) mass is 304 g/mol. The van der Waals surface area contributed by atoms with Gasteiger partial charge in [-0.3, -0.25) is 0 Å². The number of hydrogen-bond donors (Lipinski definition) is 1. The van der Waals surface area contributed by atoms with Gasteiger partial charge in [-0.15, -0.1) is 0 Å². The second-order valence-corrected chi connectivity index (χ2v) is 3.18. The predicted molar refractivity (Wildman–Crippen MR) is 50.0 cm³/mol. The zero-order valence-electron chi connectivity index (χ0n) is 8.24. The Bertz CT molecular complexity index is 412. The summed E-state index contributed by atoms with van der Waals surface area (Å²) in [5.41, 5.74) is 2.29. The average Bonchev–Trinajstić information content (AvgIpc) is 2.41. The van der Waals surface area contributed by atoms with Crippen molar-refractivity contribution in [1.29, 1.82) is 0 Å². The van der Waals surface area contributed by atoms with E-state index >= 15 is 0 Å². The highest BCUT2D eigenvalue weighted by molar-refractivity contribution is 5.71. The highest BCUT2D eigenvalue weighted by Crippen LogP contribution is 2.11.